The van der Waals surface area contributed by atoms with Crippen molar-refractivity contribution in [2.45, 2.75) is 24.9 Å². The molecule has 0 aliphatic rings. The maximum atomic E-state index is 13.0. The van der Waals surface area contributed by atoms with E-state index in [0.717, 1.165) is 0 Å². The summed E-state index contributed by atoms with van der Waals surface area (Å²) in [4.78, 5) is 61.2. The predicted octanol–water partition coefficient (Wildman–Crippen LogP) is 3.64. The lowest BCUT2D eigenvalue weighted by molar-refractivity contribution is -0.0579. The van der Waals surface area contributed by atoms with Crippen molar-refractivity contribution in [1.82, 2.24) is 19.9 Å². The number of aromatic amines is 4. The van der Waals surface area contributed by atoms with Gasteiger partial charge in [-0.1, -0.05) is 0 Å². The van der Waals surface area contributed by atoms with Crippen molar-refractivity contribution in [3.05, 3.63) is 96.1 Å². The maximum absolute atomic E-state index is 13.0. The molecule has 4 rings (SSSR count). The Kier molecular flexibility index (Phi) is 9.01. The number of H-pyrrole nitrogens is 4. The highest BCUT2D eigenvalue weighted by Crippen LogP contribution is 2.28. The first-order valence-corrected chi connectivity index (χ1v) is 12.2. The highest BCUT2D eigenvalue weighted by atomic mass is 16.6. The molecule has 0 amide bonds. The van der Waals surface area contributed by atoms with Crippen LogP contribution in [0.4, 0.5) is 0 Å². The van der Waals surface area contributed by atoms with Gasteiger partial charge in [0.2, 0.25) is 0 Å². The van der Waals surface area contributed by atoms with Crippen LogP contribution < -0.4 is 0 Å². The third-order valence-corrected chi connectivity index (χ3v) is 5.95. The molecule has 0 saturated carbocycles. The molecule has 4 N–H and O–H groups in total. The first-order chi connectivity index (χ1) is 19.0. The van der Waals surface area contributed by atoms with Gasteiger partial charge < -0.3 is 38.9 Å². The molecule has 0 unspecified atom stereocenters. The molecule has 0 spiro atoms. The average Bonchev–Trinajstić information content (AvgIpc) is 3.75. The number of hydrogen-bond acceptors (Lipinski definition) is 8. The van der Waals surface area contributed by atoms with Crippen LogP contribution in [0.5, 0.6) is 0 Å². The SMILES string of the molecule is O=C(OCCC(CCOC(=O)c1ccc[nH]1)(CCOC(=O)c1ccc[nH]1)OC(=O)c1ccc[nH]1)c1ccc[nH]1. The van der Waals surface area contributed by atoms with Crippen molar-refractivity contribution < 1.29 is 38.1 Å². The molecule has 204 valence electrons. The number of carbonyl (C=O) groups excluding carboxylic acids is 4. The van der Waals surface area contributed by atoms with E-state index in [4.69, 9.17) is 18.9 Å². The van der Waals surface area contributed by atoms with E-state index in [1.165, 1.54) is 0 Å². The van der Waals surface area contributed by atoms with E-state index in [1.807, 2.05) is 0 Å². The summed E-state index contributed by atoms with van der Waals surface area (Å²) in [6, 6.07) is 12.9. The molecule has 0 aliphatic carbocycles. The number of carbonyl (C=O) groups is 4. The third-order valence-electron chi connectivity index (χ3n) is 5.95. The molecule has 4 heterocycles. The largest absolute Gasteiger partial charge is 0.461 e. The van der Waals surface area contributed by atoms with Crippen molar-refractivity contribution >= 4 is 23.9 Å². The van der Waals surface area contributed by atoms with Crippen molar-refractivity contribution in [3.8, 4) is 0 Å². The summed E-state index contributed by atoms with van der Waals surface area (Å²) in [6.07, 6.45) is 6.50. The summed E-state index contributed by atoms with van der Waals surface area (Å²) in [5, 5.41) is 0. The Morgan fingerprint density at radius 1 is 0.513 bits per heavy atom. The summed E-state index contributed by atoms with van der Waals surface area (Å²) in [7, 11) is 0. The van der Waals surface area contributed by atoms with Crippen LogP contribution in [0.25, 0.3) is 0 Å². The Labute approximate surface area is 223 Å². The molecular formula is C27H28N4O8. The molecule has 0 saturated heterocycles. The fourth-order valence-corrected chi connectivity index (χ4v) is 3.83. The predicted molar refractivity (Wildman–Crippen MR) is 136 cm³/mol. The summed E-state index contributed by atoms with van der Waals surface area (Å²) in [5.74, 6) is -2.41. The average molecular weight is 537 g/mol. The number of rotatable bonds is 14. The minimum atomic E-state index is -1.32. The lowest BCUT2D eigenvalue weighted by atomic mass is 9.92. The highest BCUT2D eigenvalue weighted by Gasteiger charge is 2.36. The number of nitrogens with one attached hydrogen (secondary N) is 4. The van der Waals surface area contributed by atoms with Crippen LogP contribution in [0.15, 0.2) is 73.3 Å². The van der Waals surface area contributed by atoms with Gasteiger partial charge in [0.15, 0.2) is 0 Å². The molecule has 39 heavy (non-hydrogen) atoms. The van der Waals surface area contributed by atoms with Gasteiger partial charge >= 0.3 is 23.9 Å². The van der Waals surface area contributed by atoms with E-state index in [1.54, 1.807) is 73.3 Å². The zero-order valence-electron chi connectivity index (χ0n) is 20.9. The number of aromatic nitrogens is 4. The molecule has 0 fully saturated rings. The Morgan fingerprint density at radius 3 is 1.10 bits per heavy atom. The lowest BCUT2D eigenvalue weighted by Gasteiger charge is -2.33. The number of esters is 4. The van der Waals surface area contributed by atoms with Crippen molar-refractivity contribution in [3.63, 3.8) is 0 Å². The third kappa shape index (κ3) is 7.51. The summed E-state index contributed by atoms with van der Waals surface area (Å²) in [6.45, 7) is -0.360. The first kappa shape index (κ1) is 27.0. The molecule has 0 aromatic carbocycles. The van der Waals surface area contributed by atoms with Gasteiger partial charge in [-0.15, -0.1) is 0 Å². The van der Waals surface area contributed by atoms with Crippen LogP contribution in [-0.4, -0.2) is 69.2 Å². The molecule has 12 nitrogen and oxygen atoms in total. The fraction of sp³-hybridized carbons (Fsp3) is 0.259. The molecule has 4 aromatic heterocycles. The summed E-state index contributed by atoms with van der Waals surface area (Å²) >= 11 is 0. The van der Waals surface area contributed by atoms with Gasteiger partial charge in [-0.25, -0.2) is 19.2 Å². The zero-order valence-corrected chi connectivity index (χ0v) is 20.9. The molecule has 12 heteroatoms. The highest BCUT2D eigenvalue weighted by molar-refractivity contribution is 5.89. The summed E-state index contributed by atoms with van der Waals surface area (Å²) in [5.41, 5.74) is -0.310. The van der Waals surface area contributed by atoms with Crippen LogP contribution in [0.3, 0.4) is 0 Å². The van der Waals surface area contributed by atoms with Gasteiger partial charge in [0.1, 0.15) is 28.4 Å². The second-order valence-electron chi connectivity index (χ2n) is 8.57. The second kappa shape index (κ2) is 13.0. The molecule has 0 atom stereocenters. The second-order valence-corrected chi connectivity index (χ2v) is 8.57. The standard InChI is InChI=1S/C27H28N4O8/c32-23(19-5-1-12-28-19)36-16-9-27(39-26(35)22-8-4-15-31-22,10-17-37-24(33)20-6-2-13-29-20)11-18-38-25(34)21-7-3-14-30-21/h1-8,12-15,28-31H,9-11,16-18H2. The van der Waals surface area contributed by atoms with E-state index >= 15 is 0 Å². The Hall–Kier alpha value is -5.00. The Balaban J connectivity index is 1.48. The molecule has 4 aromatic rings. The molecule has 0 radical (unpaired) electrons. The molecular weight excluding hydrogens is 508 g/mol. The van der Waals surface area contributed by atoms with Gasteiger partial charge in [0.25, 0.3) is 0 Å². The normalized spacial score (nSPS) is 11.1. The van der Waals surface area contributed by atoms with E-state index in [0.29, 0.717) is 0 Å². The van der Waals surface area contributed by atoms with Crippen LogP contribution in [0.1, 0.15) is 61.2 Å². The van der Waals surface area contributed by atoms with E-state index in [-0.39, 0.29) is 61.9 Å². The minimum Gasteiger partial charge on any atom is -0.461 e. The van der Waals surface area contributed by atoms with Gasteiger partial charge in [-0.2, -0.15) is 0 Å². The Morgan fingerprint density at radius 2 is 0.821 bits per heavy atom. The van der Waals surface area contributed by atoms with Gasteiger partial charge in [0, 0.05) is 44.0 Å². The monoisotopic (exact) mass is 536 g/mol. The van der Waals surface area contributed by atoms with Crippen LogP contribution in [0, 0.1) is 0 Å². The molecule has 0 bridgehead atoms. The quantitative estimate of drug-likeness (QED) is 0.140. The number of ether oxygens (including phenoxy) is 4. The minimum absolute atomic E-state index is 0.0476. The first-order valence-electron chi connectivity index (χ1n) is 12.2. The fourth-order valence-electron chi connectivity index (χ4n) is 3.83. The van der Waals surface area contributed by atoms with Crippen LogP contribution in [0.2, 0.25) is 0 Å². The van der Waals surface area contributed by atoms with Gasteiger partial charge in [0.05, 0.1) is 19.8 Å². The summed E-state index contributed by atoms with van der Waals surface area (Å²) < 4.78 is 22.1. The van der Waals surface area contributed by atoms with Crippen LogP contribution >= 0.6 is 0 Å². The van der Waals surface area contributed by atoms with Gasteiger partial charge in [-0.05, 0) is 48.5 Å². The van der Waals surface area contributed by atoms with Gasteiger partial charge in [-0.3, -0.25) is 0 Å². The Bertz CT molecular complexity index is 1200. The van der Waals surface area contributed by atoms with E-state index in [2.05, 4.69) is 19.9 Å². The lowest BCUT2D eigenvalue weighted by Crippen LogP contribution is -2.40. The zero-order chi connectivity index (χ0) is 27.5. The van der Waals surface area contributed by atoms with E-state index < -0.39 is 29.5 Å². The van der Waals surface area contributed by atoms with Crippen LogP contribution in [-0.2, 0) is 18.9 Å². The maximum Gasteiger partial charge on any atom is 0.355 e. The molecule has 0 aliphatic heterocycles. The van der Waals surface area contributed by atoms with Crippen molar-refractivity contribution in [2.24, 2.45) is 0 Å². The van der Waals surface area contributed by atoms with Crippen molar-refractivity contribution in [2.75, 3.05) is 19.8 Å². The van der Waals surface area contributed by atoms with E-state index in [9.17, 15) is 19.2 Å². The smallest absolute Gasteiger partial charge is 0.355 e. The topological polar surface area (TPSA) is 168 Å². The number of hydrogen-bond donors (Lipinski definition) is 4. The van der Waals surface area contributed by atoms with Crippen molar-refractivity contribution in [1.29, 1.82) is 0 Å².